The number of aromatic nitrogens is 1. The Morgan fingerprint density at radius 2 is 2.27 bits per heavy atom. The van der Waals surface area contributed by atoms with Crippen LogP contribution in [0, 0.1) is 11.6 Å². The van der Waals surface area contributed by atoms with Gasteiger partial charge in [-0.2, -0.15) is 0 Å². The zero-order valence-electron chi connectivity index (χ0n) is 5.88. The van der Waals surface area contributed by atoms with Crippen molar-refractivity contribution in [3.05, 3.63) is 29.6 Å². The zero-order chi connectivity index (χ0) is 8.27. The normalized spacial score (nSPS) is 10.8. The second-order valence-electron chi connectivity index (χ2n) is 1.91. The summed E-state index contributed by atoms with van der Waals surface area (Å²) in [5.74, 6) is -1.38. The van der Waals surface area contributed by atoms with Crippen LogP contribution in [0.25, 0.3) is 0 Å². The van der Waals surface area contributed by atoms with Crippen LogP contribution in [0.15, 0.2) is 17.3 Å². The van der Waals surface area contributed by atoms with Gasteiger partial charge in [-0.05, 0) is 0 Å². The van der Waals surface area contributed by atoms with E-state index < -0.39 is 11.6 Å². The highest BCUT2D eigenvalue weighted by atomic mass is 19.1. The summed E-state index contributed by atoms with van der Waals surface area (Å²) in [7, 11) is 1.49. The monoisotopic (exact) mass is 156 g/mol. The van der Waals surface area contributed by atoms with Gasteiger partial charge in [0.2, 0.25) is 0 Å². The molecule has 58 valence electrons. The molecule has 4 heteroatoms. The van der Waals surface area contributed by atoms with Gasteiger partial charge in [0, 0.05) is 19.3 Å². The summed E-state index contributed by atoms with van der Waals surface area (Å²) in [4.78, 5) is 7.01. The first-order valence-corrected chi connectivity index (χ1v) is 2.97. The summed E-state index contributed by atoms with van der Waals surface area (Å²) in [5.41, 5.74) is 0.0499. The Morgan fingerprint density at radius 1 is 1.55 bits per heavy atom. The lowest BCUT2D eigenvalue weighted by atomic mass is 10.3. The second-order valence-corrected chi connectivity index (χ2v) is 1.91. The molecule has 0 spiro atoms. The molecule has 0 aliphatic rings. The van der Waals surface area contributed by atoms with Crippen molar-refractivity contribution in [1.29, 1.82) is 0 Å². The van der Waals surface area contributed by atoms with Gasteiger partial charge < -0.3 is 0 Å². The summed E-state index contributed by atoms with van der Waals surface area (Å²) in [6.07, 6.45) is 2.18. The highest BCUT2D eigenvalue weighted by Gasteiger charge is 2.00. The van der Waals surface area contributed by atoms with Crippen LogP contribution < -0.4 is 0 Å². The van der Waals surface area contributed by atoms with Crippen molar-refractivity contribution in [2.24, 2.45) is 4.99 Å². The fraction of sp³-hybridized carbons (Fsp3) is 0.143. The minimum Gasteiger partial charge on any atom is -0.294 e. The van der Waals surface area contributed by atoms with E-state index in [2.05, 4.69) is 9.98 Å². The third-order valence-corrected chi connectivity index (χ3v) is 1.09. The topological polar surface area (TPSA) is 25.2 Å². The summed E-state index contributed by atoms with van der Waals surface area (Å²) in [5, 5.41) is 0. The molecule has 1 aromatic heterocycles. The number of nitrogens with zero attached hydrogens (tertiary/aromatic N) is 2. The van der Waals surface area contributed by atoms with Gasteiger partial charge in [0.25, 0.3) is 0 Å². The maximum atomic E-state index is 12.6. The Hall–Kier alpha value is -1.32. The van der Waals surface area contributed by atoms with Crippen LogP contribution in [0.3, 0.4) is 0 Å². The Balaban J connectivity index is 3.09. The molecule has 0 saturated heterocycles. The fourth-order valence-electron chi connectivity index (χ4n) is 0.642. The third-order valence-electron chi connectivity index (χ3n) is 1.09. The van der Waals surface area contributed by atoms with Crippen LogP contribution in [0.5, 0.6) is 0 Å². The van der Waals surface area contributed by atoms with Crippen molar-refractivity contribution in [2.45, 2.75) is 0 Å². The second kappa shape index (κ2) is 3.18. The van der Waals surface area contributed by atoms with Crippen LogP contribution in [0.2, 0.25) is 0 Å². The van der Waals surface area contributed by atoms with Crippen LogP contribution in [-0.4, -0.2) is 18.2 Å². The number of hydrogen-bond acceptors (Lipinski definition) is 2. The molecule has 1 aromatic rings. The third kappa shape index (κ3) is 1.80. The standard InChI is InChI=1S/C7H6F2N2/c1-10-4-7-6(9)2-5(8)3-11-7/h2-4H,1H3/b10-4-. The van der Waals surface area contributed by atoms with E-state index in [1.165, 1.54) is 13.3 Å². The average Bonchev–Trinajstić information content (AvgIpc) is 1.95. The van der Waals surface area contributed by atoms with E-state index in [9.17, 15) is 8.78 Å². The predicted molar refractivity (Wildman–Crippen MR) is 37.7 cm³/mol. The predicted octanol–water partition coefficient (Wildman–Crippen LogP) is 1.41. The summed E-state index contributed by atoms with van der Waals surface area (Å²) in [6, 6.07) is 0.768. The summed E-state index contributed by atoms with van der Waals surface area (Å²) < 4.78 is 24.9. The quantitative estimate of drug-likeness (QED) is 0.564. The first-order chi connectivity index (χ1) is 5.24. The largest absolute Gasteiger partial charge is 0.294 e. The van der Waals surface area contributed by atoms with Gasteiger partial charge >= 0.3 is 0 Å². The lowest BCUT2D eigenvalue weighted by Gasteiger charge is -1.93. The molecule has 1 rings (SSSR count). The van der Waals surface area contributed by atoms with Crippen molar-refractivity contribution in [3.8, 4) is 0 Å². The maximum absolute atomic E-state index is 12.6. The van der Waals surface area contributed by atoms with E-state index >= 15 is 0 Å². The van der Waals surface area contributed by atoms with Gasteiger partial charge in [0.05, 0.1) is 6.20 Å². The highest BCUT2D eigenvalue weighted by molar-refractivity contribution is 5.76. The van der Waals surface area contributed by atoms with Crippen LogP contribution >= 0.6 is 0 Å². The Morgan fingerprint density at radius 3 is 2.82 bits per heavy atom. The van der Waals surface area contributed by atoms with Crippen molar-refractivity contribution in [3.63, 3.8) is 0 Å². The van der Waals surface area contributed by atoms with E-state index in [1.54, 1.807) is 0 Å². The molecule has 0 bridgehead atoms. The average molecular weight is 156 g/mol. The van der Waals surface area contributed by atoms with Gasteiger partial charge in [-0.1, -0.05) is 0 Å². The summed E-state index contributed by atoms with van der Waals surface area (Å²) in [6.45, 7) is 0. The van der Waals surface area contributed by atoms with Gasteiger partial charge in [0.1, 0.15) is 11.5 Å². The molecule has 0 amide bonds. The highest BCUT2D eigenvalue weighted by Crippen LogP contribution is 2.02. The lowest BCUT2D eigenvalue weighted by molar-refractivity contribution is 0.571. The molecule has 0 atom stereocenters. The molecule has 0 aromatic carbocycles. The van der Waals surface area contributed by atoms with Gasteiger partial charge in [-0.15, -0.1) is 0 Å². The first kappa shape index (κ1) is 7.78. The molecular formula is C7H6F2N2. The minimum absolute atomic E-state index is 0.0499. The number of halogens is 2. The molecule has 0 unspecified atom stereocenters. The zero-order valence-corrected chi connectivity index (χ0v) is 5.88. The Kier molecular flexibility index (Phi) is 2.25. The Labute approximate surface area is 62.6 Å². The van der Waals surface area contributed by atoms with E-state index in [0.717, 1.165) is 12.3 Å². The molecular weight excluding hydrogens is 150 g/mol. The number of hydrogen-bond donors (Lipinski definition) is 0. The van der Waals surface area contributed by atoms with Crippen molar-refractivity contribution < 1.29 is 8.78 Å². The van der Waals surface area contributed by atoms with Gasteiger partial charge in [-0.3, -0.25) is 4.99 Å². The molecule has 0 aliphatic carbocycles. The van der Waals surface area contributed by atoms with Crippen LogP contribution in [0.4, 0.5) is 8.78 Å². The molecule has 1 heterocycles. The van der Waals surface area contributed by atoms with Crippen molar-refractivity contribution >= 4 is 6.21 Å². The molecule has 0 N–H and O–H groups in total. The molecule has 11 heavy (non-hydrogen) atoms. The van der Waals surface area contributed by atoms with Crippen molar-refractivity contribution in [2.75, 3.05) is 7.05 Å². The van der Waals surface area contributed by atoms with E-state index in [1.807, 2.05) is 0 Å². The molecule has 0 fully saturated rings. The van der Waals surface area contributed by atoms with Gasteiger partial charge in [0.15, 0.2) is 5.82 Å². The SMILES string of the molecule is C/N=C\c1ncc(F)cc1F. The fourth-order valence-corrected chi connectivity index (χ4v) is 0.642. The smallest absolute Gasteiger partial charge is 0.153 e. The number of rotatable bonds is 1. The molecule has 2 nitrogen and oxygen atoms in total. The molecule has 0 aliphatic heterocycles. The number of pyridine rings is 1. The van der Waals surface area contributed by atoms with E-state index in [-0.39, 0.29) is 5.69 Å². The summed E-state index contributed by atoms with van der Waals surface area (Å²) >= 11 is 0. The number of aliphatic imine (C=N–C) groups is 1. The van der Waals surface area contributed by atoms with Crippen molar-refractivity contribution in [1.82, 2.24) is 4.98 Å². The van der Waals surface area contributed by atoms with E-state index in [4.69, 9.17) is 0 Å². The van der Waals surface area contributed by atoms with Crippen LogP contribution in [0.1, 0.15) is 5.69 Å². The molecule has 0 saturated carbocycles. The lowest BCUT2D eigenvalue weighted by Crippen LogP contribution is -1.93. The van der Waals surface area contributed by atoms with Crippen LogP contribution in [-0.2, 0) is 0 Å². The Bertz CT molecular complexity index is 284. The van der Waals surface area contributed by atoms with E-state index in [0.29, 0.717) is 0 Å². The molecule has 0 radical (unpaired) electrons. The first-order valence-electron chi connectivity index (χ1n) is 2.97. The maximum Gasteiger partial charge on any atom is 0.153 e. The van der Waals surface area contributed by atoms with Gasteiger partial charge in [-0.25, -0.2) is 13.8 Å². The minimum atomic E-state index is -0.699.